The van der Waals surface area contributed by atoms with E-state index in [2.05, 4.69) is 13.8 Å². The third kappa shape index (κ3) is 18.1. The van der Waals surface area contributed by atoms with Crippen LogP contribution in [0, 0.1) is 0 Å². The van der Waals surface area contributed by atoms with Gasteiger partial charge in [-0.15, -0.1) is 0 Å². The summed E-state index contributed by atoms with van der Waals surface area (Å²) in [6.07, 6.45) is 6.38. The Morgan fingerprint density at radius 1 is 0.667 bits per heavy atom. The lowest BCUT2D eigenvalue weighted by Gasteiger charge is -2.16. The van der Waals surface area contributed by atoms with Crippen molar-refractivity contribution < 1.29 is 28.8 Å². The smallest absolute Gasteiger partial charge is 0.0704 e. The van der Waals surface area contributed by atoms with Gasteiger partial charge in [0, 0.05) is 0 Å². The Labute approximate surface area is 147 Å². The number of unbranched alkanes of at least 4 members (excludes halogenated alkanes) is 2. The van der Waals surface area contributed by atoms with Crippen molar-refractivity contribution in [2.45, 2.75) is 52.1 Å². The van der Waals surface area contributed by atoms with Gasteiger partial charge < -0.3 is 28.8 Å². The molecule has 0 saturated heterocycles. The van der Waals surface area contributed by atoms with Crippen molar-refractivity contribution in [3.8, 4) is 0 Å². The molecule has 6 heteroatoms. The van der Waals surface area contributed by atoms with Crippen LogP contribution in [0.3, 0.4) is 0 Å². The van der Waals surface area contributed by atoms with Gasteiger partial charge >= 0.3 is 0 Å². The first kappa shape index (κ1) is 23.8. The molecule has 0 aliphatic heterocycles. The minimum Gasteiger partial charge on any atom is -0.394 e. The van der Waals surface area contributed by atoms with Crippen LogP contribution in [0.4, 0.5) is 0 Å². The van der Waals surface area contributed by atoms with E-state index < -0.39 is 0 Å². The van der Waals surface area contributed by atoms with Gasteiger partial charge in [-0.3, -0.25) is 0 Å². The number of aliphatic hydroxyl groups is 1. The maximum absolute atomic E-state index is 8.52. The molecule has 0 aliphatic carbocycles. The molecule has 0 aromatic heterocycles. The lowest BCUT2D eigenvalue weighted by Crippen LogP contribution is -2.17. The summed E-state index contributed by atoms with van der Waals surface area (Å²) in [5.74, 6) is 0. The first-order valence-electron chi connectivity index (χ1n) is 9.38. The van der Waals surface area contributed by atoms with Gasteiger partial charge in [0.2, 0.25) is 0 Å². The third-order valence-electron chi connectivity index (χ3n) is 3.52. The normalized spacial score (nSPS) is 12.6. The molecule has 0 radical (unpaired) electrons. The van der Waals surface area contributed by atoms with Crippen molar-refractivity contribution in [3.63, 3.8) is 0 Å². The molecule has 0 rings (SSSR count). The van der Waals surface area contributed by atoms with Gasteiger partial charge in [0.25, 0.3) is 0 Å². The van der Waals surface area contributed by atoms with Gasteiger partial charge in [-0.25, -0.2) is 0 Å². The molecule has 0 bridgehead atoms. The van der Waals surface area contributed by atoms with Crippen LogP contribution in [-0.4, -0.2) is 77.3 Å². The predicted molar refractivity (Wildman–Crippen MR) is 94.5 cm³/mol. The summed E-state index contributed by atoms with van der Waals surface area (Å²) in [5.41, 5.74) is 0. The Kier molecular flexibility index (Phi) is 20.6. The second-order valence-electron chi connectivity index (χ2n) is 5.57. The standard InChI is InChI=1S/C18H38O6/c1-3-5-6-7-18(4-2)24-17-16-23-15-14-22-13-12-21-11-10-20-9-8-19/h18-19H,3-17H2,1-2H3. The second-order valence-corrected chi connectivity index (χ2v) is 5.57. The fourth-order valence-corrected chi connectivity index (χ4v) is 2.13. The second kappa shape index (κ2) is 20.8. The number of hydrogen-bond donors (Lipinski definition) is 1. The van der Waals surface area contributed by atoms with E-state index >= 15 is 0 Å². The number of rotatable bonds is 20. The molecule has 6 nitrogen and oxygen atoms in total. The minimum absolute atomic E-state index is 0.0477. The lowest BCUT2D eigenvalue weighted by molar-refractivity contribution is -0.0259. The molecule has 1 N–H and O–H groups in total. The van der Waals surface area contributed by atoms with E-state index in [9.17, 15) is 0 Å². The number of ether oxygens (including phenoxy) is 5. The lowest BCUT2D eigenvalue weighted by atomic mass is 10.1. The molecule has 1 atom stereocenters. The molecule has 146 valence electrons. The van der Waals surface area contributed by atoms with Crippen LogP contribution < -0.4 is 0 Å². The first-order chi connectivity index (χ1) is 11.8. The maximum atomic E-state index is 8.52. The average Bonchev–Trinajstić information content (AvgIpc) is 2.60. The van der Waals surface area contributed by atoms with Gasteiger partial charge in [0.15, 0.2) is 0 Å². The SMILES string of the molecule is CCCCCC(CC)OCCOCCOCCOCCOCCO. The maximum Gasteiger partial charge on any atom is 0.0704 e. The van der Waals surface area contributed by atoms with Crippen molar-refractivity contribution >= 4 is 0 Å². The van der Waals surface area contributed by atoms with Crippen LogP contribution in [0.2, 0.25) is 0 Å². The Bertz CT molecular complexity index is 228. The molecule has 1 unspecified atom stereocenters. The van der Waals surface area contributed by atoms with E-state index in [-0.39, 0.29) is 6.61 Å². The fourth-order valence-electron chi connectivity index (χ4n) is 2.13. The first-order valence-corrected chi connectivity index (χ1v) is 9.38. The Morgan fingerprint density at radius 2 is 1.17 bits per heavy atom. The molecule has 0 aromatic carbocycles. The molecule has 0 saturated carbocycles. The molecular weight excluding hydrogens is 312 g/mol. The summed E-state index contributed by atoms with van der Waals surface area (Å²) >= 11 is 0. The predicted octanol–water partition coefficient (Wildman–Crippen LogP) is 2.42. The van der Waals surface area contributed by atoms with Crippen molar-refractivity contribution in [2.75, 3.05) is 66.1 Å². The summed E-state index contributed by atoms with van der Waals surface area (Å²) in [5, 5.41) is 8.52. The van der Waals surface area contributed by atoms with Gasteiger partial charge in [-0.1, -0.05) is 33.1 Å². The highest BCUT2D eigenvalue weighted by molar-refractivity contribution is 4.55. The molecule has 0 aliphatic rings. The molecular formula is C18H38O6. The Morgan fingerprint density at radius 3 is 1.62 bits per heavy atom. The molecule has 0 spiro atoms. The van der Waals surface area contributed by atoms with Gasteiger partial charge in [-0.2, -0.15) is 0 Å². The fraction of sp³-hybridized carbons (Fsp3) is 1.00. The van der Waals surface area contributed by atoms with E-state index in [0.29, 0.717) is 65.6 Å². The average molecular weight is 350 g/mol. The van der Waals surface area contributed by atoms with Gasteiger partial charge in [0.1, 0.15) is 0 Å². The zero-order chi connectivity index (χ0) is 17.7. The molecule has 0 heterocycles. The van der Waals surface area contributed by atoms with E-state index in [1.165, 1.54) is 19.3 Å². The number of aliphatic hydroxyl groups excluding tert-OH is 1. The van der Waals surface area contributed by atoms with Crippen molar-refractivity contribution in [1.29, 1.82) is 0 Å². The van der Waals surface area contributed by atoms with Crippen LogP contribution in [0.15, 0.2) is 0 Å². The molecule has 0 aromatic rings. The highest BCUT2D eigenvalue weighted by atomic mass is 16.6. The van der Waals surface area contributed by atoms with Crippen LogP contribution in [-0.2, 0) is 23.7 Å². The van der Waals surface area contributed by atoms with Crippen LogP contribution in [0.1, 0.15) is 46.0 Å². The Hall–Kier alpha value is -0.240. The van der Waals surface area contributed by atoms with Crippen LogP contribution in [0.5, 0.6) is 0 Å². The van der Waals surface area contributed by atoms with Crippen LogP contribution >= 0.6 is 0 Å². The van der Waals surface area contributed by atoms with E-state index in [0.717, 1.165) is 12.8 Å². The van der Waals surface area contributed by atoms with E-state index in [1.807, 2.05) is 0 Å². The van der Waals surface area contributed by atoms with E-state index in [4.69, 9.17) is 28.8 Å². The highest BCUT2D eigenvalue weighted by Crippen LogP contribution is 2.09. The Balaban J connectivity index is 3.16. The summed E-state index contributed by atoms with van der Waals surface area (Å²) in [6, 6.07) is 0. The van der Waals surface area contributed by atoms with Gasteiger partial charge in [-0.05, 0) is 12.8 Å². The summed E-state index contributed by atoms with van der Waals surface area (Å²) in [6.45, 7) is 9.34. The zero-order valence-electron chi connectivity index (χ0n) is 15.7. The number of hydrogen-bond acceptors (Lipinski definition) is 6. The third-order valence-corrected chi connectivity index (χ3v) is 3.52. The molecule has 24 heavy (non-hydrogen) atoms. The molecule has 0 fully saturated rings. The highest BCUT2D eigenvalue weighted by Gasteiger charge is 2.05. The van der Waals surface area contributed by atoms with Crippen molar-refractivity contribution in [2.24, 2.45) is 0 Å². The quantitative estimate of drug-likeness (QED) is 0.340. The van der Waals surface area contributed by atoms with Gasteiger partial charge in [0.05, 0.1) is 72.2 Å². The van der Waals surface area contributed by atoms with Crippen molar-refractivity contribution in [1.82, 2.24) is 0 Å². The summed E-state index contributed by atoms with van der Waals surface area (Å²) in [7, 11) is 0. The van der Waals surface area contributed by atoms with E-state index in [1.54, 1.807) is 0 Å². The van der Waals surface area contributed by atoms with Crippen LogP contribution in [0.25, 0.3) is 0 Å². The minimum atomic E-state index is 0.0477. The molecule has 0 amide bonds. The zero-order valence-corrected chi connectivity index (χ0v) is 15.7. The summed E-state index contributed by atoms with van der Waals surface area (Å²) < 4.78 is 27.1. The van der Waals surface area contributed by atoms with Crippen molar-refractivity contribution in [3.05, 3.63) is 0 Å². The topological polar surface area (TPSA) is 66.4 Å². The summed E-state index contributed by atoms with van der Waals surface area (Å²) in [4.78, 5) is 0. The monoisotopic (exact) mass is 350 g/mol. The largest absolute Gasteiger partial charge is 0.394 e.